The number of hydrogen-bond donors (Lipinski definition) is 0. The summed E-state index contributed by atoms with van der Waals surface area (Å²) in [6, 6.07) is 0. The van der Waals surface area contributed by atoms with Gasteiger partial charge in [-0.25, -0.2) is 0 Å². The molecule has 0 aliphatic rings. The highest BCUT2D eigenvalue weighted by molar-refractivity contribution is 9.12. The van der Waals surface area contributed by atoms with Crippen molar-refractivity contribution in [2.75, 3.05) is 0 Å². The Hall–Kier alpha value is 0.180. The lowest BCUT2D eigenvalue weighted by atomic mass is 10.7. The first-order valence-electron chi connectivity index (χ1n) is 1.22. The third-order valence-corrected chi connectivity index (χ3v) is 1.13. The number of allylic oxidation sites excluding steroid dienone is 1. The third kappa shape index (κ3) is 2.42. The second kappa shape index (κ2) is 3.37. The molecule has 0 radical (unpaired) electrons. The van der Waals surface area contributed by atoms with Gasteiger partial charge in [-0.2, -0.15) is 0 Å². The Balaban J connectivity index is 3.50. The smallest absolute Gasteiger partial charge is 0.157 e. The molecule has 0 aliphatic carbocycles. The van der Waals surface area contributed by atoms with Crippen molar-refractivity contribution >= 4 is 33.8 Å². The standard InChI is InChI=1S/C3H2BrClO/c4-3(1-5)2-6/h1-2H. The number of carbonyl (C=O) groups is 1. The maximum absolute atomic E-state index is 9.54. The predicted molar refractivity (Wildman–Crippen MR) is 28.9 cm³/mol. The Morgan fingerprint density at radius 3 is 2.33 bits per heavy atom. The van der Waals surface area contributed by atoms with Gasteiger partial charge in [-0.05, 0) is 15.9 Å². The van der Waals surface area contributed by atoms with Gasteiger partial charge in [0.05, 0.1) is 4.48 Å². The van der Waals surface area contributed by atoms with Gasteiger partial charge in [0.2, 0.25) is 0 Å². The molecule has 0 aromatic rings. The second-order valence-corrected chi connectivity index (χ2v) is 1.75. The van der Waals surface area contributed by atoms with Crippen LogP contribution in [0.4, 0.5) is 0 Å². The molecule has 0 saturated heterocycles. The molecule has 6 heavy (non-hydrogen) atoms. The summed E-state index contributed by atoms with van der Waals surface area (Å²) in [5, 5.41) is 0. The summed E-state index contributed by atoms with van der Waals surface area (Å²) in [6.07, 6.45) is 0.618. The van der Waals surface area contributed by atoms with Crippen LogP contribution in [0.3, 0.4) is 0 Å². The van der Waals surface area contributed by atoms with Crippen molar-refractivity contribution in [3.05, 3.63) is 10.0 Å². The molecule has 0 spiro atoms. The molecule has 0 heterocycles. The van der Waals surface area contributed by atoms with Gasteiger partial charge < -0.3 is 0 Å². The Morgan fingerprint density at radius 1 is 1.83 bits per heavy atom. The Labute approximate surface area is 49.1 Å². The number of hydrogen-bond acceptors (Lipinski definition) is 1. The average molecular weight is 169 g/mol. The number of halogens is 2. The molecule has 0 rings (SSSR count). The first-order chi connectivity index (χ1) is 2.81. The molecule has 0 aliphatic heterocycles. The van der Waals surface area contributed by atoms with E-state index in [9.17, 15) is 4.79 Å². The monoisotopic (exact) mass is 168 g/mol. The van der Waals surface area contributed by atoms with Crippen molar-refractivity contribution < 1.29 is 4.79 Å². The first kappa shape index (κ1) is 6.18. The van der Waals surface area contributed by atoms with Crippen molar-refractivity contribution in [3.63, 3.8) is 0 Å². The average Bonchev–Trinajstić information content (AvgIpc) is 1.65. The zero-order valence-corrected chi connectivity index (χ0v) is 5.16. The molecule has 0 bridgehead atoms. The minimum absolute atomic E-state index is 0.365. The summed E-state index contributed by atoms with van der Waals surface area (Å²) in [5.41, 5.74) is 1.16. The Bertz CT molecular complexity index is 78.9. The van der Waals surface area contributed by atoms with Crippen molar-refractivity contribution in [3.8, 4) is 0 Å². The van der Waals surface area contributed by atoms with E-state index >= 15 is 0 Å². The maximum atomic E-state index is 9.54. The highest BCUT2D eigenvalue weighted by Crippen LogP contribution is 1.99. The molecule has 0 amide bonds. The van der Waals surface area contributed by atoms with Gasteiger partial charge in [-0.3, -0.25) is 4.79 Å². The normalized spacial score (nSPS) is 11.3. The topological polar surface area (TPSA) is 17.1 Å². The van der Waals surface area contributed by atoms with Crippen LogP contribution in [0.15, 0.2) is 10.0 Å². The van der Waals surface area contributed by atoms with Crippen LogP contribution < -0.4 is 0 Å². The van der Waals surface area contributed by atoms with Gasteiger partial charge >= 0.3 is 0 Å². The molecule has 34 valence electrons. The van der Waals surface area contributed by atoms with E-state index in [0.29, 0.717) is 10.8 Å². The quantitative estimate of drug-likeness (QED) is 0.431. The summed E-state index contributed by atoms with van der Waals surface area (Å²) in [4.78, 5) is 9.54. The van der Waals surface area contributed by atoms with Crippen LogP contribution in [0.2, 0.25) is 0 Å². The molecule has 0 N–H and O–H groups in total. The maximum Gasteiger partial charge on any atom is 0.157 e. The fourth-order valence-corrected chi connectivity index (χ4v) is 0.0772. The van der Waals surface area contributed by atoms with Gasteiger partial charge in [-0.1, -0.05) is 11.6 Å². The van der Waals surface area contributed by atoms with Crippen molar-refractivity contribution in [2.24, 2.45) is 0 Å². The SMILES string of the molecule is O=CC(Br)=CCl. The molecule has 0 aromatic heterocycles. The van der Waals surface area contributed by atoms with Gasteiger partial charge in [-0.15, -0.1) is 0 Å². The molecule has 0 saturated carbocycles. The number of carbonyl (C=O) groups excluding carboxylic acids is 1. The van der Waals surface area contributed by atoms with Crippen LogP contribution in [-0.4, -0.2) is 6.29 Å². The van der Waals surface area contributed by atoms with E-state index in [1.165, 1.54) is 0 Å². The summed E-state index contributed by atoms with van der Waals surface area (Å²) < 4.78 is 0.365. The Kier molecular flexibility index (Phi) is 3.47. The molecular formula is C3H2BrClO. The van der Waals surface area contributed by atoms with E-state index in [1.54, 1.807) is 0 Å². The highest BCUT2D eigenvalue weighted by Gasteiger charge is 1.77. The largest absolute Gasteiger partial charge is 0.297 e. The van der Waals surface area contributed by atoms with E-state index in [-0.39, 0.29) is 0 Å². The molecule has 0 unspecified atom stereocenters. The summed E-state index contributed by atoms with van der Waals surface area (Å²) in [6.45, 7) is 0. The van der Waals surface area contributed by atoms with Crippen molar-refractivity contribution in [1.29, 1.82) is 0 Å². The molecule has 3 heteroatoms. The van der Waals surface area contributed by atoms with Crippen LogP contribution in [0.25, 0.3) is 0 Å². The minimum atomic E-state index is 0.365. The van der Waals surface area contributed by atoms with Crippen LogP contribution in [0.5, 0.6) is 0 Å². The summed E-state index contributed by atoms with van der Waals surface area (Å²) in [5.74, 6) is 0. The molecule has 0 aromatic carbocycles. The third-order valence-electron chi connectivity index (χ3n) is 0.217. The van der Waals surface area contributed by atoms with E-state index in [0.717, 1.165) is 5.54 Å². The summed E-state index contributed by atoms with van der Waals surface area (Å²) in [7, 11) is 0. The van der Waals surface area contributed by atoms with Crippen LogP contribution in [-0.2, 0) is 4.79 Å². The zero-order chi connectivity index (χ0) is 4.99. The van der Waals surface area contributed by atoms with Crippen LogP contribution in [0.1, 0.15) is 0 Å². The second-order valence-electron chi connectivity index (χ2n) is 0.612. The molecular weight excluding hydrogens is 167 g/mol. The lowest BCUT2D eigenvalue weighted by Gasteiger charge is -1.68. The van der Waals surface area contributed by atoms with Crippen LogP contribution >= 0.6 is 27.5 Å². The van der Waals surface area contributed by atoms with Crippen molar-refractivity contribution in [2.45, 2.75) is 0 Å². The number of rotatable bonds is 1. The van der Waals surface area contributed by atoms with E-state index in [4.69, 9.17) is 11.6 Å². The molecule has 0 fully saturated rings. The lowest BCUT2D eigenvalue weighted by Crippen LogP contribution is -1.62. The predicted octanol–water partition coefficient (Wildman–Crippen LogP) is 1.66. The van der Waals surface area contributed by atoms with Crippen molar-refractivity contribution in [1.82, 2.24) is 0 Å². The van der Waals surface area contributed by atoms with Crippen LogP contribution in [0, 0.1) is 0 Å². The minimum Gasteiger partial charge on any atom is -0.297 e. The number of aldehydes is 1. The highest BCUT2D eigenvalue weighted by atomic mass is 79.9. The molecule has 0 atom stereocenters. The fraction of sp³-hybridized carbons (Fsp3) is 0. The fourth-order valence-electron chi connectivity index (χ4n) is 0.0257. The Morgan fingerprint density at radius 2 is 2.33 bits per heavy atom. The summed E-state index contributed by atoms with van der Waals surface area (Å²) >= 11 is 7.85. The van der Waals surface area contributed by atoms with Gasteiger partial charge in [0.1, 0.15) is 0 Å². The van der Waals surface area contributed by atoms with Gasteiger partial charge in [0, 0.05) is 5.54 Å². The van der Waals surface area contributed by atoms with E-state index in [2.05, 4.69) is 15.9 Å². The van der Waals surface area contributed by atoms with Gasteiger partial charge in [0.25, 0.3) is 0 Å². The lowest BCUT2D eigenvalue weighted by molar-refractivity contribution is -0.104. The van der Waals surface area contributed by atoms with Gasteiger partial charge in [0.15, 0.2) is 6.29 Å². The zero-order valence-electron chi connectivity index (χ0n) is 2.82. The van der Waals surface area contributed by atoms with E-state index < -0.39 is 0 Å². The first-order valence-corrected chi connectivity index (χ1v) is 2.45. The molecule has 1 nitrogen and oxygen atoms in total. The van der Waals surface area contributed by atoms with E-state index in [1.807, 2.05) is 0 Å².